The number of hydrogen-bond donors (Lipinski definition) is 1. The first-order valence-electron chi connectivity index (χ1n) is 7.13. The Balaban J connectivity index is 1.99. The third-order valence-corrected chi connectivity index (χ3v) is 4.17. The Labute approximate surface area is 119 Å². The predicted molar refractivity (Wildman–Crippen MR) is 77.4 cm³/mol. The molecular weight excluding hydrogens is 260 g/mol. The summed E-state index contributed by atoms with van der Waals surface area (Å²) in [5.74, 6) is 0.585. The SMILES string of the molecule is CCC(NC(=O)c1ccnc(Cl)c1)C1CCCCC1. The highest BCUT2D eigenvalue weighted by Crippen LogP contribution is 2.27. The van der Waals surface area contributed by atoms with E-state index in [9.17, 15) is 4.79 Å². The van der Waals surface area contributed by atoms with Crippen LogP contribution in [0.5, 0.6) is 0 Å². The monoisotopic (exact) mass is 280 g/mol. The van der Waals surface area contributed by atoms with E-state index in [0.717, 1.165) is 6.42 Å². The van der Waals surface area contributed by atoms with Crippen LogP contribution in [0.3, 0.4) is 0 Å². The molecule has 0 radical (unpaired) electrons. The van der Waals surface area contributed by atoms with Crippen molar-refractivity contribution in [3.05, 3.63) is 29.0 Å². The Morgan fingerprint density at radius 2 is 2.21 bits per heavy atom. The number of amides is 1. The molecule has 1 aromatic heterocycles. The second kappa shape index (κ2) is 6.90. The molecule has 0 aromatic carbocycles. The Kier molecular flexibility index (Phi) is 5.20. The fourth-order valence-corrected chi connectivity index (χ4v) is 3.06. The van der Waals surface area contributed by atoms with Gasteiger partial charge in [0.25, 0.3) is 5.91 Å². The molecule has 0 spiro atoms. The highest BCUT2D eigenvalue weighted by molar-refractivity contribution is 6.29. The molecule has 4 heteroatoms. The van der Waals surface area contributed by atoms with Crippen LogP contribution >= 0.6 is 11.6 Å². The molecule has 1 fully saturated rings. The molecule has 2 rings (SSSR count). The minimum absolute atomic E-state index is 0.0401. The van der Waals surface area contributed by atoms with Crippen LogP contribution < -0.4 is 5.32 Å². The van der Waals surface area contributed by atoms with E-state index in [1.165, 1.54) is 32.1 Å². The number of aromatic nitrogens is 1. The van der Waals surface area contributed by atoms with Crippen molar-refractivity contribution < 1.29 is 4.79 Å². The van der Waals surface area contributed by atoms with Gasteiger partial charge in [0.2, 0.25) is 0 Å². The molecule has 3 nitrogen and oxygen atoms in total. The Morgan fingerprint density at radius 3 is 2.84 bits per heavy atom. The molecule has 19 heavy (non-hydrogen) atoms. The molecule has 1 aromatic rings. The number of nitrogens with zero attached hydrogens (tertiary/aromatic N) is 1. The summed E-state index contributed by atoms with van der Waals surface area (Å²) in [6.45, 7) is 2.14. The Bertz CT molecular complexity index is 430. The first kappa shape index (κ1) is 14.3. The predicted octanol–water partition coefficient (Wildman–Crippen LogP) is 3.82. The molecule has 1 N–H and O–H groups in total. The van der Waals surface area contributed by atoms with Gasteiger partial charge in [-0.15, -0.1) is 0 Å². The summed E-state index contributed by atoms with van der Waals surface area (Å²) in [6.07, 6.45) is 8.93. The van der Waals surface area contributed by atoms with Gasteiger partial charge in [0.1, 0.15) is 5.15 Å². The lowest BCUT2D eigenvalue weighted by Crippen LogP contribution is -2.40. The van der Waals surface area contributed by atoms with E-state index in [1.807, 2.05) is 0 Å². The third-order valence-electron chi connectivity index (χ3n) is 3.96. The van der Waals surface area contributed by atoms with Crippen LogP contribution in [-0.2, 0) is 0 Å². The van der Waals surface area contributed by atoms with Crippen LogP contribution in [-0.4, -0.2) is 16.9 Å². The van der Waals surface area contributed by atoms with Gasteiger partial charge in [-0.05, 0) is 37.3 Å². The van der Waals surface area contributed by atoms with Crippen LogP contribution in [0.2, 0.25) is 5.15 Å². The van der Waals surface area contributed by atoms with Gasteiger partial charge in [0, 0.05) is 17.8 Å². The average Bonchev–Trinajstić information content (AvgIpc) is 2.45. The summed E-state index contributed by atoms with van der Waals surface area (Å²) >= 11 is 5.82. The van der Waals surface area contributed by atoms with E-state index < -0.39 is 0 Å². The number of carbonyl (C=O) groups excluding carboxylic acids is 1. The van der Waals surface area contributed by atoms with Crippen LogP contribution in [0.1, 0.15) is 55.8 Å². The first-order chi connectivity index (χ1) is 9.20. The lowest BCUT2D eigenvalue weighted by Gasteiger charge is -2.30. The van der Waals surface area contributed by atoms with Gasteiger partial charge in [-0.25, -0.2) is 4.98 Å². The van der Waals surface area contributed by atoms with E-state index in [4.69, 9.17) is 11.6 Å². The van der Waals surface area contributed by atoms with Crippen molar-refractivity contribution in [1.82, 2.24) is 10.3 Å². The van der Waals surface area contributed by atoms with Crippen molar-refractivity contribution in [2.45, 2.75) is 51.5 Å². The number of hydrogen-bond acceptors (Lipinski definition) is 2. The Morgan fingerprint density at radius 1 is 1.47 bits per heavy atom. The maximum Gasteiger partial charge on any atom is 0.251 e. The molecule has 1 unspecified atom stereocenters. The molecule has 1 aliphatic rings. The normalized spacial score (nSPS) is 18.0. The van der Waals surface area contributed by atoms with E-state index in [0.29, 0.717) is 16.6 Å². The Hall–Kier alpha value is -1.09. The second-order valence-electron chi connectivity index (χ2n) is 5.25. The summed E-state index contributed by atoms with van der Waals surface area (Å²) < 4.78 is 0. The molecule has 1 atom stereocenters. The van der Waals surface area contributed by atoms with Crippen LogP contribution in [0.15, 0.2) is 18.3 Å². The highest BCUT2D eigenvalue weighted by atomic mass is 35.5. The van der Waals surface area contributed by atoms with Gasteiger partial charge < -0.3 is 5.32 Å². The fourth-order valence-electron chi connectivity index (χ4n) is 2.89. The quantitative estimate of drug-likeness (QED) is 0.852. The number of nitrogens with one attached hydrogen (secondary N) is 1. The molecule has 1 heterocycles. The second-order valence-corrected chi connectivity index (χ2v) is 5.64. The average molecular weight is 281 g/mol. The van der Waals surface area contributed by atoms with Crippen LogP contribution in [0, 0.1) is 5.92 Å². The lowest BCUT2D eigenvalue weighted by atomic mass is 9.83. The topological polar surface area (TPSA) is 42.0 Å². The minimum Gasteiger partial charge on any atom is -0.349 e. The largest absolute Gasteiger partial charge is 0.349 e. The van der Waals surface area contributed by atoms with Crippen molar-refractivity contribution in [2.24, 2.45) is 5.92 Å². The van der Waals surface area contributed by atoms with Gasteiger partial charge in [-0.1, -0.05) is 37.8 Å². The number of halogens is 1. The first-order valence-corrected chi connectivity index (χ1v) is 7.51. The zero-order valence-corrected chi connectivity index (χ0v) is 12.1. The lowest BCUT2D eigenvalue weighted by molar-refractivity contribution is 0.0911. The van der Waals surface area contributed by atoms with Crippen molar-refractivity contribution in [3.8, 4) is 0 Å². The minimum atomic E-state index is -0.0401. The number of pyridine rings is 1. The smallest absolute Gasteiger partial charge is 0.251 e. The standard InChI is InChI=1S/C15H21ClN2O/c1-2-13(11-6-4-3-5-7-11)18-15(19)12-8-9-17-14(16)10-12/h8-11,13H,2-7H2,1H3,(H,18,19). The summed E-state index contributed by atoms with van der Waals surface area (Å²) in [5.41, 5.74) is 0.592. The molecule has 104 valence electrons. The van der Waals surface area contributed by atoms with Crippen LogP contribution in [0.4, 0.5) is 0 Å². The molecule has 1 aliphatic carbocycles. The zero-order valence-electron chi connectivity index (χ0n) is 11.4. The van der Waals surface area contributed by atoms with Crippen molar-refractivity contribution in [2.75, 3.05) is 0 Å². The molecule has 1 amide bonds. The van der Waals surface area contributed by atoms with Gasteiger partial charge in [0.05, 0.1) is 0 Å². The molecular formula is C15H21ClN2O. The fraction of sp³-hybridized carbons (Fsp3) is 0.600. The van der Waals surface area contributed by atoms with Gasteiger partial charge in [0.15, 0.2) is 0 Å². The molecule has 0 bridgehead atoms. The number of rotatable bonds is 4. The summed E-state index contributed by atoms with van der Waals surface area (Å²) in [6, 6.07) is 3.60. The highest BCUT2D eigenvalue weighted by Gasteiger charge is 2.24. The van der Waals surface area contributed by atoms with Crippen molar-refractivity contribution in [1.29, 1.82) is 0 Å². The van der Waals surface area contributed by atoms with Crippen molar-refractivity contribution >= 4 is 17.5 Å². The summed E-state index contributed by atoms with van der Waals surface area (Å²) in [7, 11) is 0. The maximum atomic E-state index is 12.2. The van der Waals surface area contributed by atoms with Gasteiger partial charge >= 0.3 is 0 Å². The summed E-state index contributed by atoms with van der Waals surface area (Å²) in [5, 5.41) is 3.51. The number of carbonyl (C=O) groups is 1. The van der Waals surface area contributed by atoms with Gasteiger partial charge in [-0.3, -0.25) is 4.79 Å². The zero-order chi connectivity index (χ0) is 13.7. The van der Waals surface area contributed by atoms with E-state index >= 15 is 0 Å². The van der Waals surface area contributed by atoms with Gasteiger partial charge in [-0.2, -0.15) is 0 Å². The molecule has 0 aliphatic heterocycles. The van der Waals surface area contributed by atoms with E-state index in [2.05, 4.69) is 17.2 Å². The van der Waals surface area contributed by atoms with Crippen molar-refractivity contribution in [3.63, 3.8) is 0 Å². The maximum absolute atomic E-state index is 12.2. The van der Waals surface area contributed by atoms with Crippen LogP contribution in [0.25, 0.3) is 0 Å². The molecule has 1 saturated carbocycles. The molecule has 0 saturated heterocycles. The third kappa shape index (κ3) is 3.93. The summed E-state index contributed by atoms with van der Waals surface area (Å²) in [4.78, 5) is 16.1. The van der Waals surface area contributed by atoms with E-state index in [1.54, 1.807) is 18.3 Å². The van der Waals surface area contributed by atoms with E-state index in [-0.39, 0.29) is 11.9 Å².